The van der Waals surface area contributed by atoms with Gasteiger partial charge in [-0.2, -0.15) is 10.2 Å². The highest BCUT2D eigenvalue weighted by atomic mass is 19.1. The number of aromatic nitrogens is 4. The molecule has 3 rings (SSSR count). The van der Waals surface area contributed by atoms with Crippen LogP contribution in [-0.4, -0.2) is 25.8 Å². The van der Waals surface area contributed by atoms with Crippen molar-refractivity contribution in [2.45, 2.75) is 6.92 Å². The summed E-state index contributed by atoms with van der Waals surface area (Å²) in [5.41, 5.74) is 3.23. The first-order chi connectivity index (χ1) is 10.1. The molecule has 0 radical (unpaired) electrons. The van der Waals surface area contributed by atoms with Crippen LogP contribution in [0, 0.1) is 12.7 Å². The van der Waals surface area contributed by atoms with E-state index < -0.39 is 0 Å². The molecule has 106 valence electrons. The third-order valence-corrected chi connectivity index (χ3v) is 3.34. The summed E-state index contributed by atoms with van der Waals surface area (Å²) in [6, 6.07) is 6.23. The summed E-state index contributed by atoms with van der Waals surface area (Å²) < 4.78 is 16.4. The van der Waals surface area contributed by atoms with E-state index >= 15 is 0 Å². The van der Waals surface area contributed by atoms with Crippen LogP contribution < -0.4 is 0 Å². The summed E-state index contributed by atoms with van der Waals surface area (Å²) in [4.78, 5) is 11.3. The minimum atomic E-state index is -0.300. The van der Waals surface area contributed by atoms with Gasteiger partial charge in [-0.15, -0.1) is 0 Å². The Hall–Kier alpha value is -2.76. The molecule has 2 aromatic heterocycles. The molecule has 0 bridgehead atoms. The van der Waals surface area contributed by atoms with E-state index in [1.165, 1.54) is 12.1 Å². The largest absolute Gasteiger partial charge is 0.298 e. The normalized spacial score (nSPS) is 10.8. The Morgan fingerprint density at radius 2 is 2.10 bits per heavy atom. The minimum Gasteiger partial charge on any atom is -0.298 e. The average molecular weight is 284 g/mol. The lowest BCUT2D eigenvalue weighted by Gasteiger charge is -2.05. The van der Waals surface area contributed by atoms with E-state index in [0.29, 0.717) is 11.3 Å². The zero-order valence-corrected chi connectivity index (χ0v) is 11.6. The van der Waals surface area contributed by atoms with E-state index in [9.17, 15) is 9.18 Å². The summed E-state index contributed by atoms with van der Waals surface area (Å²) in [5.74, 6) is -0.300. The third-order valence-electron chi connectivity index (χ3n) is 3.34. The molecule has 0 atom stereocenters. The summed E-state index contributed by atoms with van der Waals surface area (Å²) in [6.45, 7) is 1.80. The van der Waals surface area contributed by atoms with Crippen LogP contribution in [0.15, 0.2) is 36.7 Å². The van der Waals surface area contributed by atoms with Crippen LogP contribution in [0.1, 0.15) is 15.9 Å². The molecule has 0 amide bonds. The standard InChI is InChI=1S/C15H13FN4O/c1-10-7-12(16)3-4-13(10)20-8-11(9-21)15(18-20)14-5-6-17-19(14)2/h3-9H,1-2H3. The predicted molar refractivity (Wildman–Crippen MR) is 75.8 cm³/mol. The number of rotatable bonds is 3. The molecule has 2 heterocycles. The number of hydrogen-bond acceptors (Lipinski definition) is 3. The second-order valence-corrected chi connectivity index (χ2v) is 4.77. The number of aryl methyl sites for hydroxylation is 2. The highest BCUT2D eigenvalue weighted by Crippen LogP contribution is 2.23. The molecule has 0 N–H and O–H groups in total. The van der Waals surface area contributed by atoms with Crippen molar-refractivity contribution in [3.8, 4) is 17.1 Å². The molecule has 0 saturated heterocycles. The van der Waals surface area contributed by atoms with Crippen LogP contribution in [0.25, 0.3) is 17.1 Å². The van der Waals surface area contributed by atoms with Crippen LogP contribution in [-0.2, 0) is 7.05 Å². The van der Waals surface area contributed by atoms with E-state index in [1.54, 1.807) is 47.9 Å². The van der Waals surface area contributed by atoms with Crippen molar-refractivity contribution in [2.24, 2.45) is 7.05 Å². The van der Waals surface area contributed by atoms with Crippen molar-refractivity contribution in [1.82, 2.24) is 19.6 Å². The second kappa shape index (κ2) is 4.97. The van der Waals surface area contributed by atoms with Crippen molar-refractivity contribution >= 4 is 6.29 Å². The van der Waals surface area contributed by atoms with Gasteiger partial charge in [0.05, 0.1) is 16.9 Å². The Morgan fingerprint density at radius 1 is 1.29 bits per heavy atom. The number of benzene rings is 1. The number of halogens is 1. The van der Waals surface area contributed by atoms with Gasteiger partial charge in [-0.05, 0) is 36.8 Å². The van der Waals surface area contributed by atoms with Crippen molar-refractivity contribution < 1.29 is 9.18 Å². The van der Waals surface area contributed by atoms with E-state index in [4.69, 9.17) is 0 Å². The van der Waals surface area contributed by atoms with Gasteiger partial charge in [-0.1, -0.05) is 0 Å². The molecule has 0 aliphatic rings. The zero-order chi connectivity index (χ0) is 15.0. The number of carbonyl (C=O) groups excluding carboxylic acids is 1. The van der Waals surface area contributed by atoms with Crippen LogP contribution >= 0.6 is 0 Å². The average Bonchev–Trinajstić information content (AvgIpc) is 3.04. The van der Waals surface area contributed by atoms with Gasteiger partial charge in [0, 0.05) is 19.4 Å². The fraction of sp³-hybridized carbons (Fsp3) is 0.133. The Bertz CT molecular complexity index is 819. The lowest BCUT2D eigenvalue weighted by molar-refractivity contribution is 0.112. The van der Waals surface area contributed by atoms with E-state index in [0.717, 1.165) is 23.2 Å². The highest BCUT2D eigenvalue weighted by Gasteiger charge is 2.15. The topological polar surface area (TPSA) is 52.7 Å². The fourth-order valence-electron chi connectivity index (χ4n) is 2.28. The molecule has 1 aromatic carbocycles. The number of hydrogen-bond donors (Lipinski definition) is 0. The fourth-order valence-corrected chi connectivity index (χ4v) is 2.28. The van der Waals surface area contributed by atoms with Gasteiger partial charge in [0.1, 0.15) is 11.5 Å². The molecule has 0 unspecified atom stereocenters. The smallest absolute Gasteiger partial charge is 0.153 e. The van der Waals surface area contributed by atoms with Crippen molar-refractivity contribution in [3.63, 3.8) is 0 Å². The van der Waals surface area contributed by atoms with Crippen LogP contribution in [0.3, 0.4) is 0 Å². The zero-order valence-electron chi connectivity index (χ0n) is 11.6. The molecule has 3 aromatic rings. The number of aldehydes is 1. The first kappa shape index (κ1) is 13.2. The maximum atomic E-state index is 13.2. The van der Waals surface area contributed by atoms with Gasteiger partial charge >= 0.3 is 0 Å². The Morgan fingerprint density at radius 3 is 2.71 bits per heavy atom. The summed E-state index contributed by atoms with van der Waals surface area (Å²) in [6.07, 6.45) is 4.03. The molecule has 21 heavy (non-hydrogen) atoms. The lowest BCUT2D eigenvalue weighted by atomic mass is 10.2. The van der Waals surface area contributed by atoms with Gasteiger partial charge in [0.25, 0.3) is 0 Å². The van der Waals surface area contributed by atoms with Crippen molar-refractivity contribution in [1.29, 1.82) is 0 Å². The molecule has 5 nitrogen and oxygen atoms in total. The number of carbonyl (C=O) groups is 1. The third kappa shape index (κ3) is 2.24. The van der Waals surface area contributed by atoms with Gasteiger partial charge in [0.2, 0.25) is 0 Å². The van der Waals surface area contributed by atoms with Gasteiger partial charge in [0.15, 0.2) is 6.29 Å². The molecule has 0 aliphatic heterocycles. The van der Waals surface area contributed by atoms with Crippen molar-refractivity contribution in [2.75, 3.05) is 0 Å². The molecule has 0 aliphatic carbocycles. The highest BCUT2D eigenvalue weighted by molar-refractivity contribution is 5.84. The SMILES string of the molecule is Cc1cc(F)ccc1-n1cc(C=O)c(-c2ccnn2C)n1. The summed E-state index contributed by atoms with van der Waals surface area (Å²) >= 11 is 0. The monoisotopic (exact) mass is 284 g/mol. The van der Waals surface area contributed by atoms with Crippen LogP contribution in [0.5, 0.6) is 0 Å². The summed E-state index contributed by atoms with van der Waals surface area (Å²) in [7, 11) is 1.78. The molecule has 0 saturated carbocycles. The number of nitrogens with zero attached hydrogens (tertiary/aromatic N) is 4. The first-order valence-electron chi connectivity index (χ1n) is 6.40. The van der Waals surface area contributed by atoms with Crippen molar-refractivity contribution in [3.05, 3.63) is 53.6 Å². The minimum absolute atomic E-state index is 0.300. The Labute approximate surface area is 120 Å². The quantitative estimate of drug-likeness (QED) is 0.694. The van der Waals surface area contributed by atoms with Gasteiger partial charge in [-0.3, -0.25) is 9.48 Å². The van der Waals surface area contributed by atoms with Gasteiger partial charge < -0.3 is 0 Å². The van der Waals surface area contributed by atoms with E-state index in [-0.39, 0.29) is 5.82 Å². The maximum absolute atomic E-state index is 13.2. The molecule has 0 fully saturated rings. The Kier molecular flexibility index (Phi) is 3.13. The predicted octanol–water partition coefficient (Wildman–Crippen LogP) is 2.53. The maximum Gasteiger partial charge on any atom is 0.153 e. The molecule has 0 spiro atoms. The van der Waals surface area contributed by atoms with E-state index in [1.807, 2.05) is 0 Å². The Balaban J connectivity index is 2.16. The molecule has 6 heteroatoms. The van der Waals surface area contributed by atoms with Crippen LogP contribution in [0.2, 0.25) is 0 Å². The summed E-state index contributed by atoms with van der Waals surface area (Å²) in [5, 5.41) is 8.53. The molecular weight excluding hydrogens is 271 g/mol. The first-order valence-corrected chi connectivity index (χ1v) is 6.40. The second-order valence-electron chi connectivity index (χ2n) is 4.77. The molecular formula is C15H13FN4O. The van der Waals surface area contributed by atoms with E-state index in [2.05, 4.69) is 10.2 Å². The van der Waals surface area contributed by atoms with Gasteiger partial charge in [-0.25, -0.2) is 9.07 Å². The van der Waals surface area contributed by atoms with Crippen LogP contribution in [0.4, 0.5) is 4.39 Å². The lowest BCUT2D eigenvalue weighted by Crippen LogP contribution is -1.99.